The van der Waals surface area contributed by atoms with Crippen LogP contribution in [0.3, 0.4) is 0 Å². The van der Waals surface area contributed by atoms with Crippen molar-refractivity contribution in [2.24, 2.45) is 0 Å². The molecule has 2 aromatic rings. The monoisotopic (exact) mass is 526 g/mol. The molecular weight excluding hydrogens is 499 g/mol. The predicted octanol–water partition coefficient (Wildman–Crippen LogP) is 0.0750. The first-order chi connectivity index (χ1) is 18.2. The van der Waals surface area contributed by atoms with Gasteiger partial charge in [0.1, 0.15) is 11.9 Å². The molecule has 1 aromatic heterocycles. The molecule has 0 bridgehead atoms. The maximum Gasteiger partial charge on any atom is 0.414 e. The number of piperazine rings is 1. The third-order valence-corrected chi connectivity index (χ3v) is 6.18. The number of benzene rings is 1. The topological polar surface area (TPSA) is 137 Å². The molecular formula is C25H27FN6O6. The summed E-state index contributed by atoms with van der Waals surface area (Å²) in [5.74, 6) is 1.82. The number of amides is 3. The average Bonchev–Trinajstić information content (AvgIpc) is 3.27. The van der Waals surface area contributed by atoms with Crippen LogP contribution >= 0.6 is 0 Å². The number of carbonyl (C=O) groups is 3. The van der Waals surface area contributed by atoms with Crippen LogP contribution in [0.25, 0.3) is 0 Å². The minimum absolute atomic E-state index is 0.120. The number of carbonyl (C=O) groups excluding carboxylic acids is 3. The number of ether oxygens (including phenoxy) is 1. The molecule has 3 heterocycles. The molecule has 0 spiro atoms. The number of aromatic amines is 1. The van der Waals surface area contributed by atoms with Crippen LogP contribution in [-0.2, 0) is 14.3 Å². The van der Waals surface area contributed by atoms with E-state index in [2.05, 4.69) is 22.3 Å². The third-order valence-electron chi connectivity index (χ3n) is 6.18. The van der Waals surface area contributed by atoms with E-state index in [1.54, 1.807) is 17.0 Å². The highest BCUT2D eigenvalue weighted by Gasteiger charge is 2.33. The Hall–Kier alpha value is -4.60. The van der Waals surface area contributed by atoms with E-state index in [4.69, 9.17) is 4.74 Å². The summed E-state index contributed by atoms with van der Waals surface area (Å²) in [5.41, 5.74) is -0.460. The molecule has 2 N–H and O–H groups in total. The molecule has 200 valence electrons. The Labute approximate surface area is 217 Å². The smallest absolute Gasteiger partial charge is 0.414 e. The van der Waals surface area contributed by atoms with Crippen LogP contribution in [0.15, 0.2) is 40.1 Å². The van der Waals surface area contributed by atoms with Gasteiger partial charge in [0.25, 0.3) is 5.56 Å². The number of cyclic esters (lactones) is 1. The van der Waals surface area contributed by atoms with Gasteiger partial charge < -0.3 is 24.8 Å². The molecule has 1 atom stereocenters. The van der Waals surface area contributed by atoms with Gasteiger partial charge in [-0.25, -0.2) is 14.0 Å². The van der Waals surface area contributed by atoms with E-state index in [0.717, 1.165) is 4.57 Å². The number of halogens is 1. The summed E-state index contributed by atoms with van der Waals surface area (Å²) < 4.78 is 21.0. The summed E-state index contributed by atoms with van der Waals surface area (Å²) in [6.07, 6.45) is 0.425. The first-order valence-electron chi connectivity index (χ1n) is 12.1. The number of hydrogen-bond donors (Lipinski definition) is 2. The van der Waals surface area contributed by atoms with Gasteiger partial charge >= 0.3 is 11.8 Å². The van der Waals surface area contributed by atoms with Gasteiger partial charge in [-0.2, -0.15) is 4.57 Å². The Morgan fingerprint density at radius 3 is 2.61 bits per heavy atom. The van der Waals surface area contributed by atoms with Crippen molar-refractivity contribution in [1.82, 2.24) is 19.8 Å². The average molecular weight is 527 g/mol. The van der Waals surface area contributed by atoms with E-state index >= 15 is 4.39 Å². The number of nitrogens with one attached hydrogen (secondary N) is 2. The van der Waals surface area contributed by atoms with Crippen molar-refractivity contribution in [1.29, 1.82) is 0 Å². The van der Waals surface area contributed by atoms with Crippen LogP contribution < -0.4 is 26.4 Å². The van der Waals surface area contributed by atoms with Gasteiger partial charge in [-0.3, -0.25) is 19.3 Å². The lowest BCUT2D eigenvalue weighted by atomic mass is 10.2. The normalized spacial score (nSPS) is 17.1. The van der Waals surface area contributed by atoms with Crippen molar-refractivity contribution in [2.45, 2.75) is 25.9 Å². The lowest BCUT2D eigenvalue weighted by molar-refractivity contribution is -0.131. The molecule has 2 saturated heterocycles. The largest absolute Gasteiger partial charge is 0.442 e. The minimum Gasteiger partial charge on any atom is -0.442 e. The van der Waals surface area contributed by atoms with E-state index in [9.17, 15) is 24.0 Å². The molecule has 2 aliphatic rings. The van der Waals surface area contributed by atoms with Crippen LogP contribution in [-0.4, -0.2) is 77.7 Å². The number of rotatable bonds is 6. The zero-order chi connectivity index (χ0) is 27.2. The second kappa shape index (κ2) is 11.6. The molecule has 3 amide bonds. The van der Waals surface area contributed by atoms with Crippen LogP contribution in [0.1, 0.15) is 19.8 Å². The summed E-state index contributed by atoms with van der Waals surface area (Å²) in [4.78, 5) is 66.3. The Morgan fingerprint density at radius 2 is 1.92 bits per heavy atom. The molecule has 1 aromatic carbocycles. The lowest BCUT2D eigenvalue weighted by Gasteiger charge is -2.36. The van der Waals surface area contributed by atoms with Crippen molar-refractivity contribution in [3.63, 3.8) is 0 Å². The molecule has 0 saturated carbocycles. The summed E-state index contributed by atoms with van der Waals surface area (Å²) in [7, 11) is 0. The van der Waals surface area contributed by atoms with E-state index < -0.39 is 29.3 Å². The molecule has 0 unspecified atom stereocenters. The van der Waals surface area contributed by atoms with E-state index in [-0.39, 0.29) is 37.7 Å². The van der Waals surface area contributed by atoms with E-state index in [0.29, 0.717) is 37.6 Å². The number of aromatic nitrogens is 2. The Bertz CT molecular complexity index is 1370. The highest BCUT2D eigenvalue weighted by molar-refractivity contribution is 5.90. The van der Waals surface area contributed by atoms with Crippen LogP contribution in [0, 0.1) is 17.8 Å². The maximum absolute atomic E-state index is 15.0. The highest BCUT2D eigenvalue weighted by Crippen LogP contribution is 2.28. The zero-order valence-electron chi connectivity index (χ0n) is 20.7. The lowest BCUT2D eigenvalue weighted by Crippen LogP contribution is -2.49. The van der Waals surface area contributed by atoms with Gasteiger partial charge in [0, 0.05) is 64.3 Å². The van der Waals surface area contributed by atoms with Gasteiger partial charge in [0.15, 0.2) is 0 Å². The van der Waals surface area contributed by atoms with Gasteiger partial charge in [-0.05, 0) is 18.2 Å². The van der Waals surface area contributed by atoms with E-state index in [1.807, 2.05) is 4.90 Å². The molecule has 2 fully saturated rings. The number of anilines is 2. The fourth-order valence-corrected chi connectivity index (χ4v) is 4.20. The molecule has 4 rings (SSSR count). The number of hydrogen-bond acceptors (Lipinski definition) is 7. The maximum atomic E-state index is 15.0. The minimum atomic E-state index is -0.640. The fraction of sp³-hybridized carbons (Fsp3) is 0.400. The third kappa shape index (κ3) is 6.20. The fourth-order valence-electron chi connectivity index (χ4n) is 4.20. The highest BCUT2D eigenvalue weighted by atomic mass is 19.1. The predicted molar refractivity (Wildman–Crippen MR) is 135 cm³/mol. The molecule has 0 radical (unpaired) electrons. The van der Waals surface area contributed by atoms with E-state index in [1.165, 1.54) is 30.2 Å². The van der Waals surface area contributed by atoms with Gasteiger partial charge in [-0.15, -0.1) is 0 Å². The Morgan fingerprint density at radius 1 is 1.16 bits per heavy atom. The molecule has 12 nitrogen and oxygen atoms in total. The van der Waals surface area contributed by atoms with Crippen LogP contribution in [0.4, 0.5) is 20.6 Å². The molecule has 2 aliphatic heterocycles. The summed E-state index contributed by atoms with van der Waals surface area (Å²) >= 11 is 0. The van der Waals surface area contributed by atoms with Crippen molar-refractivity contribution >= 4 is 29.3 Å². The van der Waals surface area contributed by atoms with Crippen LogP contribution in [0.2, 0.25) is 0 Å². The molecule has 13 heteroatoms. The second-order valence-electron chi connectivity index (χ2n) is 8.80. The van der Waals surface area contributed by atoms with Gasteiger partial charge in [0.05, 0.1) is 24.5 Å². The summed E-state index contributed by atoms with van der Waals surface area (Å²) in [6, 6.07) is 8.15. The van der Waals surface area contributed by atoms with Crippen molar-refractivity contribution < 1.29 is 23.5 Å². The quantitative estimate of drug-likeness (QED) is 0.509. The van der Waals surface area contributed by atoms with Crippen LogP contribution in [0.5, 0.6) is 0 Å². The molecule has 0 aliphatic carbocycles. The Balaban J connectivity index is 1.28. The van der Waals surface area contributed by atoms with Crippen molar-refractivity contribution in [2.75, 3.05) is 49.1 Å². The summed E-state index contributed by atoms with van der Waals surface area (Å²) in [5, 5.41) is 2.60. The first kappa shape index (κ1) is 26.5. The van der Waals surface area contributed by atoms with Gasteiger partial charge in [0.2, 0.25) is 11.8 Å². The number of H-pyrrole nitrogens is 1. The summed E-state index contributed by atoms with van der Waals surface area (Å²) in [6.45, 7) is 3.39. The SMILES string of the molecule is CC(=O)NC[C@H]1CN(c2ccc(N3CCN(C(=O)CCC#Cn4c(=O)cc[nH]c4=O)CC3)c(F)c2)C(=O)O1. The number of nitrogens with zero attached hydrogens (tertiary/aromatic N) is 4. The standard InChI is InChI=1S/C25H27FN6O6/c1-17(33)28-15-19-16-32(25(37)38-19)18-5-6-21(20(26)14-18)29-10-12-30(13-11-29)22(34)4-2-3-9-31-23(35)7-8-27-24(31)36/h5-8,14,19H,2,4,10-13,15-16H2,1H3,(H,27,36)(H,28,33)/t19-/m0/s1. The van der Waals surface area contributed by atoms with Crippen molar-refractivity contribution in [3.8, 4) is 12.0 Å². The van der Waals surface area contributed by atoms with Crippen molar-refractivity contribution in [3.05, 3.63) is 57.1 Å². The van der Waals surface area contributed by atoms with Gasteiger partial charge in [-0.1, -0.05) is 5.92 Å². The first-order valence-corrected chi connectivity index (χ1v) is 12.1. The molecule has 38 heavy (non-hydrogen) atoms. The Kier molecular flexibility index (Phi) is 8.10. The second-order valence-corrected chi connectivity index (χ2v) is 8.80. The zero-order valence-corrected chi connectivity index (χ0v) is 20.7.